The molecule has 0 bridgehead atoms. The molecule has 0 spiro atoms. The maximum atomic E-state index is 12.7. The van der Waals surface area contributed by atoms with Gasteiger partial charge in [0.05, 0.1) is 0 Å². The van der Waals surface area contributed by atoms with Gasteiger partial charge in [0.25, 0.3) is 5.91 Å². The highest BCUT2D eigenvalue weighted by atomic mass is 16.2. The zero-order valence-electron chi connectivity index (χ0n) is 14.2. The number of rotatable bonds is 2. The van der Waals surface area contributed by atoms with Gasteiger partial charge < -0.3 is 10.2 Å². The van der Waals surface area contributed by atoms with E-state index >= 15 is 0 Å². The predicted molar refractivity (Wildman–Crippen MR) is 91.9 cm³/mol. The van der Waals surface area contributed by atoms with Crippen molar-refractivity contribution in [1.82, 2.24) is 15.5 Å². The molecule has 2 saturated heterocycles. The van der Waals surface area contributed by atoms with Crippen LogP contribution in [0.15, 0.2) is 18.2 Å². The van der Waals surface area contributed by atoms with Gasteiger partial charge in [-0.05, 0) is 61.9 Å². The van der Waals surface area contributed by atoms with E-state index in [0.29, 0.717) is 24.4 Å². The third-order valence-corrected chi connectivity index (χ3v) is 5.59. The molecule has 6 heteroatoms. The minimum atomic E-state index is -0.539. The van der Waals surface area contributed by atoms with Crippen molar-refractivity contribution >= 4 is 17.7 Å². The second-order valence-electron chi connectivity index (χ2n) is 7.19. The first-order chi connectivity index (χ1) is 12.1. The average molecular weight is 341 g/mol. The van der Waals surface area contributed by atoms with Gasteiger partial charge >= 0.3 is 0 Å². The number of imide groups is 1. The van der Waals surface area contributed by atoms with Gasteiger partial charge in [-0.1, -0.05) is 12.1 Å². The first kappa shape index (κ1) is 16.3. The molecule has 2 N–H and O–H groups in total. The van der Waals surface area contributed by atoms with Crippen molar-refractivity contribution in [2.24, 2.45) is 0 Å². The lowest BCUT2D eigenvalue weighted by Crippen LogP contribution is -2.52. The van der Waals surface area contributed by atoms with Crippen molar-refractivity contribution in [3.8, 4) is 0 Å². The summed E-state index contributed by atoms with van der Waals surface area (Å²) in [6.07, 6.45) is 4.14. The van der Waals surface area contributed by atoms with Gasteiger partial charge in [-0.15, -0.1) is 0 Å². The molecular formula is C19H23N3O3. The quantitative estimate of drug-likeness (QED) is 0.795. The summed E-state index contributed by atoms with van der Waals surface area (Å²) in [6, 6.07) is 5.59. The number of hydrogen-bond donors (Lipinski definition) is 2. The molecule has 0 aliphatic carbocycles. The number of benzene rings is 1. The van der Waals surface area contributed by atoms with Crippen LogP contribution < -0.4 is 10.6 Å². The van der Waals surface area contributed by atoms with Crippen molar-refractivity contribution in [3.63, 3.8) is 0 Å². The molecule has 1 aromatic carbocycles. The van der Waals surface area contributed by atoms with Crippen molar-refractivity contribution < 1.29 is 14.4 Å². The molecule has 3 heterocycles. The largest absolute Gasteiger partial charge is 0.322 e. The molecular weight excluding hydrogens is 318 g/mol. The third-order valence-electron chi connectivity index (χ3n) is 5.59. The number of carbonyl (C=O) groups excluding carboxylic acids is 3. The highest BCUT2D eigenvalue weighted by Gasteiger charge is 2.39. The number of fused-ring (bicyclic) bond motifs is 1. The molecule has 3 aliphatic heterocycles. The Labute approximate surface area is 147 Å². The van der Waals surface area contributed by atoms with E-state index < -0.39 is 6.04 Å². The van der Waals surface area contributed by atoms with Gasteiger partial charge in [-0.3, -0.25) is 19.7 Å². The Morgan fingerprint density at radius 2 is 1.92 bits per heavy atom. The summed E-state index contributed by atoms with van der Waals surface area (Å²) in [6.45, 7) is 2.56. The van der Waals surface area contributed by atoms with Gasteiger partial charge in [0, 0.05) is 18.5 Å². The van der Waals surface area contributed by atoms with Crippen LogP contribution >= 0.6 is 0 Å². The Bertz CT molecular complexity index is 723. The fourth-order valence-corrected chi connectivity index (χ4v) is 4.20. The SMILES string of the molecule is O=C1CCC(N2Cc3cc(C4CCCNCC4)ccc3C2=O)C(=O)N1. The van der Waals surface area contributed by atoms with E-state index in [4.69, 9.17) is 0 Å². The van der Waals surface area contributed by atoms with E-state index in [0.717, 1.165) is 31.5 Å². The first-order valence-electron chi connectivity index (χ1n) is 9.11. The normalized spacial score (nSPS) is 27.0. The van der Waals surface area contributed by atoms with Gasteiger partial charge in [0.2, 0.25) is 11.8 Å². The average Bonchev–Trinajstić information content (AvgIpc) is 2.78. The van der Waals surface area contributed by atoms with Crippen LogP contribution in [0.2, 0.25) is 0 Å². The second-order valence-corrected chi connectivity index (χ2v) is 7.19. The highest BCUT2D eigenvalue weighted by molar-refractivity contribution is 6.05. The highest BCUT2D eigenvalue weighted by Crippen LogP contribution is 2.32. The van der Waals surface area contributed by atoms with E-state index in [1.807, 2.05) is 6.07 Å². The monoisotopic (exact) mass is 341 g/mol. The summed E-state index contributed by atoms with van der Waals surface area (Å²) in [4.78, 5) is 37.8. The Morgan fingerprint density at radius 1 is 1.04 bits per heavy atom. The van der Waals surface area contributed by atoms with Crippen LogP contribution in [0.5, 0.6) is 0 Å². The zero-order valence-corrected chi connectivity index (χ0v) is 14.2. The molecule has 6 nitrogen and oxygen atoms in total. The molecule has 4 rings (SSSR count). The molecule has 3 aliphatic rings. The summed E-state index contributed by atoms with van der Waals surface area (Å²) < 4.78 is 0. The molecule has 1 aromatic rings. The predicted octanol–water partition coefficient (Wildman–Crippen LogP) is 1.30. The molecule has 2 unspecified atom stereocenters. The van der Waals surface area contributed by atoms with Crippen molar-refractivity contribution in [1.29, 1.82) is 0 Å². The van der Waals surface area contributed by atoms with Gasteiger partial charge in [0.1, 0.15) is 6.04 Å². The maximum Gasteiger partial charge on any atom is 0.255 e. The Balaban J connectivity index is 1.54. The van der Waals surface area contributed by atoms with E-state index in [2.05, 4.69) is 22.8 Å². The standard InChI is InChI=1S/C19H23N3O3/c23-17-6-5-16(18(24)21-17)22-11-14-10-13(3-4-15(14)19(22)25)12-2-1-8-20-9-7-12/h3-4,10,12,16,20H,1-2,5-9,11H2,(H,21,23,24). The lowest BCUT2D eigenvalue weighted by Gasteiger charge is -2.29. The van der Waals surface area contributed by atoms with E-state index in [-0.39, 0.29) is 24.1 Å². The lowest BCUT2D eigenvalue weighted by molar-refractivity contribution is -0.136. The Hall–Kier alpha value is -2.21. The molecule has 2 fully saturated rings. The van der Waals surface area contributed by atoms with Crippen LogP contribution in [0.1, 0.15) is 59.5 Å². The van der Waals surface area contributed by atoms with E-state index in [1.165, 1.54) is 12.0 Å². The van der Waals surface area contributed by atoms with E-state index in [9.17, 15) is 14.4 Å². The number of hydrogen-bond acceptors (Lipinski definition) is 4. The second kappa shape index (κ2) is 6.59. The third kappa shape index (κ3) is 3.06. The van der Waals surface area contributed by atoms with Crippen molar-refractivity contribution in [2.75, 3.05) is 13.1 Å². The summed E-state index contributed by atoms with van der Waals surface area (Å²) >= 11 is 0. The lowest BCUT2D eigenvalue weighted by atomic mass is 9.90. The van der Waals surface area contributed by atoms with Crippen LogP contribution in [-0.2, 0) is 16.1 Å². The molecule has 0 saturated carbocycles. The fraction of sp³-hybridized carbons (Fsp3) is 0.526. The van der Waals surface area contributed by atoms with Crippen molar-refractivity contribution in [2.45, 2.75) is 50.6 Å². The molecule has 2 atom stereocenters. The summed E-state index contributed by atoms with van der Waals surface area (Å²) in [5.41, 5.74) is 2.99. The van der Waals surface area contributed by atoms with Crippen molar-refractivity contribution in [3.05, 3.63) is 34.9 Å². The van der Waals surface area contributed by atoms with Crippen LogP contribution in [-0.4, -0.2) is 41.8 Å². The summed E-state index contributed by atoms with van der Waals surface area (Å²) in [7, 11) is 0. The van der Waals surface area contributed by atoms with Gasteiger partial charge in [-0.2, -0.15) is 0 Å². The van der Waals surface area contributed by atoms with Crippen LogP contribution in [0.25, 0.3) is 0 Å². The summed E-state index contributed by atoms with van der Waals surface area (Å²) in [5, 5.41) is 5.78. The fourth-order valence-electron chi connectivity index (χ4n) is 4.20. The number of nitrogens with one attached hydrogen (secondary N) is 2. The maximum absolute atomic E-state index is 12.7. The minimum absolute atomic E-state index is 0.0985. The van der Waals surface area contributed by atoms with E-state index in [1.54, 1.807) is 4.90 Å². The zero-order chi connectivity index (χ0) is 17.4. The van der Waals surface area contributed by atoms with Crippen LogP contribution in [0, 0.1) is 0 Å². The number of nitrogens with zero attached hydrogens (tertiary/aromatic N) is 1. The molecule has 3 amide bonds. The molecule has 0 radical (unpaired) electrons. The molecule has 132 valence electrons. The molecule has 25 heavy (non-hydrogen) atoms. The van der Waals surface area contributed by atoms with Crippen LogP contribution in [0.3, 0.4) is 0 Å². The Morgan fingerprint density at radius 3 is 2.76 bits per heavy atom. The van der Waals surface area contributed by atoms with Gasteiger partial charge in [-0.25, -0.2) is 0 Å². The smallest absolute Gasteiger partial charge is 0.255 e. The number of carbonyl (C=O) groups is 3. The minimum Gasteiger partial charge on any atom is -0.322 e. The summed E-state index contributed by atoms with van der Waals surface area (Å²) in [5.74, 6) is -0.180. The first-order valence-corrected chi connectivity index (χ1v) is 9.11. The Kier molecular flexibility index (Phi) is 4.29. The number of piperidine rings is 1. The van der Waals surface area contributed by atoms with Crippen LogP contribution in [0.4, 0.5) is 0 Å². The molecule has 0 aromatic heterocycles. The number of amides is 3. The van der Waals surface area contributed by atoms with Gasteiger partial charge in [0.15, 0.2) is 0 Å². The topological polar surface area (TPSA) is 78.5 Å².